The molecule has 2 amide bonds. The maximum atomic E-state index is 13.4. The molecule has 3 N–H and O–H groups in total. The molecule has 19 heavy (non-hydrogen) atoms. The third-order valence-electron chi connectivity index (χ3n) is 2.36. The van der Waals surface area contributed by atoms with E-state index in [4.69, 9.17) is 5.11 Å². The highest BCUT2D eigenvalue weighted by Gasteiger charge is 2.12. The fourth-order valence-electron chi connectivity index (χ4n) is 1.45. The summed E-state index contributed by atoms with van der Waals surface area (Å²) in [5.74, 6) is -1.89. The lowest BCUT2D eigenvalue weighted by Crippen LogP contribution is -2.36. The first kappa shape index (κ1) is 14.7. The standard InChI is InChI=1S/C13H15FN2O3/c1-3-4-8(2)15-13(19)16-11-7-9(12(17)18)5-6-10(11)14/h3,5-8H,1,4H2,2H3,(H,17,18)(H2,15,16,19). The summed E-state index contributed by atoms with van der Waals surface area (Å²) in [6.45, 7) is 5.31. The number of hydrogen-bond acceptors (Lipinski definition) is 2. The average Bonchev–Trinajstić information content (AvgIpc) is 2.31. The highest BCUT2D eigenvalue weighted by atomic mass is 19.1. The van der Waals surface area contributed by atoms with Crippen LogP contribution in [0.3, 0.4) is 0 Å². The number of halogens is 1. The van der Waals surface area contributed by atoms with Crippen LogP contribution in [0.1, 0.15) is 23.7 Å². The van der Waals surface area contributed by atoms with E-state index in [0.717, 1.165) is 18.2 Å². The molecule has 0 aliphatic rings. The quantitative estimate of drug-likeness (QED) is 0.717. The summed E-state index contributed by atoms with van der Waals surface area (Å²) < 4.78 is 13.4. The maximum Gasteiger partial charge on any atom is 0.335 e. The van der Waals surface area contributed by atoms with Crippen LogP contribution in [0.4, 0.5) is 14.9 Å². The van der Waals surface area contributed by atoms with Gasteiger partial charge in [0.1, 0.15) is 5.82 Å². The van der Waals surface area contributed by atoms with Crippen LogP contribution in [0, 0.1) is 5.82 Å². The Balaban J connectivity index is 2.75. The van der Waals surface area contributed by atoms with E-state index < -0.39 is 17.8 Å². The molecule has 1 unspecified atom stereocenters. The second-order valence-corrected chi connectivity index (χ2v) is 4.02. The topological polar surface area (TPSA) is 78.4 Å². The van der Waals surface area contributed by atoms with E-state index in [2.05, 4.69) is 17.2 Å². The van der Waals surface area contributed by atoms with Gasteiger partial charge in [-0.2, -0.15) is 0 Å². The molecule has 5 nitrogen and oxygen atoms in total. The maximum absolute atomic E-state index is 13.4. The summed E-state index contributed by atoms with van der Waals surface area (Å²) in [6, 6.07) is 2.43. The average molecular weight is 266 g/mol. The van der Waals surface area contributed by atoms with Crippen molar-refractivity contribution in [3.63, 3.8) is 0 Å². The second-order valence-electron chi connectivity index (χ2n) is 4.02. The number of carboxylic acid groups (broad SMARTS) is 1. The first-order chi connectivity index (χ1) is 8.93. The number of hydrogen-bond donors (Lipinski definition) is 3. The molecule has 1 rings (SSSR count). The molecule has 0 aromatic heterocycles. The molecule has 0 aliphatic heterocycles. The van der Waals surface area contributed by atoms with Crippen LogP contribution < -0.4 is 10.6 Å². The number of carbonyl (C=O) groups excluding carboxylic acids is 1. The Morgan fingerprint density at radius 1 is 1.53 bits per heavy atom. The van der Waals surface area contributed by atoms with Gasteiger partial charge in [-0.15, -0.1) is 6.58 Å². The van der Waals surface area contributed by atoms with Crippen LogP contribution in [0.15, 0.2) is 30.9 Å². The van der Waals surface area contributed by atoms with Crippen LogP contribution in [-0.4, -0.2) is 23.1 Å². The van der Waals surface area contributed by atoms with Gasteiger partial charge in [-0.05, 0) is 31.5 Å². The molecule has 0 heterocycles. The minimum Gasteiger partial charge on any atom is -0.478 e. The van der Waals surface area contributed by atoms with Crippen molar-refractivity contribution < 1.29 is 19.1 Å². The Labute approximate surface area is 110 Å². The van der Waals surface area contributed by atoms with Crippen molar-refractivity contribution in [2.45, 2.75) is 19.4 Å². The van der Waals surface area contributed by atoms with Crippen molar-refractivity contribution in [1.82, 2.24) is 5.32 Å². The van der Waals surface area contributed by atoms with E-state index in [9.17, 15) is 14.0 Å². The minimum absolute atomic E-state index is 0.101. The van der Waals surface area contributed by atoms with Gasteiger partial charge in [0, 0.05) is 6.04 Å². The van der Waals surface area contributed by atoms with Gasteiger partial charge in [-0.3, -0.25) is 0 Å². The lowest BCUT2D eigenvalue weighted by Gasteiger charge is -2.13. The number of nitrogens with one attached hydrogen (secondary N) is 2. The molecule has 6 heteroatoms. The third-order valence-corrected chi connectivity index (χ3v) is 2.36. The van der Waals surface area contributed by atoms with Gasteiger partial charge in [0.05, 0.1) is 11.3 Å². The molecule has 0 aliphatic carbocycles. The Morgan fingerprint density at radius 3 is 2.79 bits per heavy atom. The van der Waals surface area contributed by atoms with Crippen LogP contribution in [-0.2, 0) is 0 Å². The Kier molecular flexibility index (Phi) is 5.05. The zero-order valence-electron chi connectivity index (χ0n) is 10.4. The second kappa shape index (κ2) is 6.53. The van der Waals surface area contributed by atoms with Gasteiger partial charge >= 0.3 is 12.0 Å². The lowest BCUT2D eigenvalue weighted by atomic mass is 10.2. The number of rotatable bonds is 5. The van der Waals surface area contributed by atoms with Crippen LogP contribution in [0.25, 0.3) is 0 Å². The summed E-state index contributed by atoms with van der Waals surface area (Å²) in [5.41, 5.74) is -0.279. The van der Waals surface area contributed by atoms with Crippen molar-refractivity contribution in [2.75, 3.05) is 5.32 Å². The van der Waals surface area contributed by atoms with Gasteiger partial charge in [-0.1, -0.05) is 6.08 Å². The fraction of sp³-hybridized carbons (Fsp3) is 0.231. The van der Waals surface area contributed by atoms with Crippen molar-refractivity contribution in [3.8, 4) is 0 Å². The van der Waals surface area contributed by atoms with E-state index in [1.807, 2.05) is 0 Å². The number of amides is 2. The van der Waals surface area contributed by atoms with Crippen molar-refractivity contribution in [2.24, 2.45) is 0 Å². The summed E-state index contributed by atoms with van der Waals surface area (Å²) in [6.07, 6.45) is 2.22. The Hall–Kier alpha value is -2.37. The van der Waals surface area contributed by atoms with E-state index in [-0.39, 0.29) is 17.3 Å². The normalized spacial score (nSPS) is 11.5. The number of aromatic carboxylic acids is 1. The fourth-order valence-corrected chi connectivity index (χ4v) is 1.45. The molecular weight excluding hydrogens is 251 g/mol. The van der Waals surface area contributed by atoms with E-state index in [1.54, 1.807) is 13.0 Å². The van der Waals surface area contributed by atoms with Gasteiger partial charge in [0.15, 0.2) is 0 Å². The highest BCUT2D eigenvalue weighted by Crippen LogP contribution is 2.16. The molecule has 1 aromatic rings. The number of anilines is 1. The molecular formula is C13H15FN2O3. The Bertz CT molecular complexity index is 503. The third kappa shape index (κ3) is 4.42. The molecule has 0 fully saturated rings. The van der Waals surface area contributed by atoms with Crippen molar-refractivity contribution >= 4 is 17.7 Å². The predicted octanol–water partition coefficient (Wildman–Crippen LogP) is 2.61. The SMILES string of the molecule is C=CCC(C)NC(=O)Nc1cc(C(=O)O)ccc1F. The molecule has 1 aromatic carbocycles. The monoisotopic (exact) mass is 266 g/mol. The molecule has 0 spiro atoms. The summed E-state index contributed by atoms with van der Waals surface area (Å²) in [7, 11) is 0. The van der Waals surface area contributed by atoms with Crippen molar-refractivity contribution in [1.29, 1.82) is 0 Å². The number of urea groups is 1. The highest BCUT2D eigenvalue weighted by molar-refractivity contribution is 5.93. The van der Waals surface area contributed by atoms with Crippen LogP contribution in [0.5, 0.6) is 0 Å². The summed E-state index contributed by atoms with van der Waals surface area (Å²) >= 11 is 0. The van der Waals surface area contributed by atoms with Crippen LogP contribution >= 0.6 is 0 Å². The van der Waals surface area contributed by atoms with Crippen LogP contribution in [0.2, 0.25) is 0 Å². The van der Waals surface area contributed by atoms with E-state index in [1.165, 1.54) is 0 Å². The zero-order chi connectivity index (χ0) is 14.4. The van der Waals surface area contributed by atoms with E-state index >= 15 is 0 Å². The van der Waals surface area contributed by atoms with Gasteiger partial charge in [-0.25, -0.2) is 14.0 Å². The molecule has 0 bridgehead atoms. The zero-order valence-corrected chi connectivity index (χ0v) is 10.4. The predicted molar refractivity (Wildman–Crippen MR) is 69.8 cm³/mol. The number of benzene rings is 1. The molecule has 0 saturated heterocycles. The first-order valence-electron chi connectivity index (χ1n) is 5.65. The molecule has 1 atom stereocenters. The molecule has 0 radical (unpaired) electrons. The molecule has 0 saturated carbocycles. The number of carbonyl (C=O) groups is 2. The number of carboxylic acids is 1. The summed E-state index contributed by atoms with van der Waals surface area (Å²) in [4.78, 5) is 22.3. The Morgan fingerprint density at radius 2 is 2.21 bits per heavy atom. The summed E-state index contributed by atoms with van der Waals surface area (Å²) in [5, 5.41) is 13.6. The van der Waals surface area contributed by atoms with Gasteiger partial charge in [0.2, 0.25) is 0 Å². The van der Waals surface area contributed by atoms with Gasteiger partial charge in [0.25, 0.3) is 0 Å². The first-order valence-corrected chi connectivity index (χ1v) is 5.65. The minimum atomic E-state index is -1.19. The van der Waals surface area contributed by atoms with E-state index in [0.29, 0.717) is 6.42 Å². The largest absolute Gasteiger partial charge is 0.478 e. The smallest absolute Gasteiger partial charge is 0.335 e. The molecule has 102 valence electrons. The van der Waals surface area contributed by atoms with Crippen molar-refractivity contribution in [3.05, 3.63) is 42.2 Å². The lowest BCUT2D eigenvalue weighted by molar-refractivity contribution is 0.0697. The van der Waals surface area contributed by atoms with Gasteiger partial charge < -0.3 is 15.7 Å².